The Balaban J connectivity index is 1.75. The van der Waals surface area contributed by atoms with Crippen LogP contribution in [0.15, 0.2) is 49.1 Å². The molecule has 1 aromatic carbocycles. The van der Waals surface area contributed by atoms with Gasteiger partial charge in [0, 0.05) is 16.6 Å². The van der Waals surface area contributed by atoms with Gasteiger partial charge in [0.1, 0.15) is 5.75 Å². The lowest BCUT2D eigenvalue weighted by Crippen LogP contribution is -2.50. The van der Waals surface area contributed by atoms with Gasteiger partial charge >= 0.3 is 0 Å². The van der Waals surface area contributed by atoms with Gasteiger partial charge in [-0.05, 0) is 49.6 Å². The Morgan fingerprint density at radius 3 is 2.76 bits per heavy atom. The van der Waals surface area contributed by atoms with Crippen LogP contribution in [-0.4, -0.2) is 26.2 Å². The van der Waals surface area contributed by atoms with Crippen molar-refractivity contribution >= 4 is 16.9 Å². The number of hydrogen-bond donors (Lipinski definition) is 3. The van der Waals surface area contributed by atoms with E-state index in [-0.39, 0.29) is 17.2 Å². The van der Waals surface area contributed by atoms with Crippen molar-refractivity contribution in [3.63, 3.8) is 0 Å². The first-order valence-electron chi connectivity index (χ1n) is 8.21. The molecule has 3 N–H and O–H groups in total. The van der Waals surface area contributed by atoms with Crippen LogP contribution < -0.4 is 5.32 Å². The van der Waals surface area contributed by atoms with E-state index in [1.54, 1.807) is 18.2 Å². The summed E-state index contributed by atoms with van der Waals surface area (Å²) in [6, 6.07) is 10.9. The molecule has 1 aliphatic carbocycles. The average molecular weight is 334 g/mol. The summed E-state index contributed by atoms with van der Waals surface area (Å²) in [5.74, 6) is -0.0139. The molecule has 1 saturated carbocycles. The van der Waals surface area contributed by atoms with Gasteiger partial charge in [0.05, 0.1) is 11.2 Å². The van der Waals surface area contributed by atoms with E-state index in [9.17, 15) is 9.90 Å². The second-order valence-corrected chi connectivity index (χ2v) is 6.36. The number of aromatic nitrogens is 3. The molecule has 25 heavy (non-hydrogen) atoms. The standard InChI is InChI=1S/C19H18N4O2/c1-2-17(25)21-19(8-5-9-19)16-11-12-10-14(22-23-18(12)20-16)13-6-3-4-7-15(13)24/h2-4,6-7,10-11,24H,1,5,8-9H2,(H,20,23)(H,21,25). The highest BCUT2D eigenvalue weighted by Gasteiger charge is 2.41. The monoisotopic (exact) mass is 334 g/mol. The molecule has 2 aromatic heterocycles. The van der Waals surface area contributed by atoms with E-state index >= 15 is 0 Å². The van der Waals surface area contributed by atoms with Crippen molar-refractivity contribution in [2.24, 2.45) is 0 Å². The van der Waals surface area contributed by atoms with Gasteiger partial charge in [-0.3, -0.25) is 4.79 Å². The molecule has 1 fully saturated rings. The fraction of sp³-hybridized carbons (Fsp3) is 0.211. The number of fused-ring (bicyclic) bond motifs is 1. The quantitative estimate of drug-likeness (QED) is 0.640. The Hall–Kier alpha value is -3.15. The van der Waals surface area contributed by atoms with Gasteiger partial charge in [-0.15, -0.1) is 10.2 Å². The minimum atomic E-state index is -0.388. The van der Waals surface area contributed by atoms with Crippen molar-refractivity contribution in [3.8, 4) is 17.0 Å². The second kappa shape index (κ2) is 5.73. The highest BCUT2D eigenvalue weighted by Crippen LogP contribution is 2.42. The summed E-state index contributed by atoms with van der Waals surface area (Å²) < 4.78 is 0. The molecule has 0 atom stereocenters. The van der Waals surface area contributed by atoms with Crippen LogP contribution in [0.3, 0.4) is 0 Å². The van der Waals surface area contributed by atoms with Gasteiger partial charge in [-0.2, -0.15) is 0 Å². The van der Waals surface area contributed by atoms with Crippen LogP contribution in [0.2, 0.25) is 0 Å². The van der Waals surface area contributed by atoms with Gasteiger partial charge in [0.15, 0.2) is 5.65 Å². The predicted octanol–water partition coefficient (Wildman–Crippen LogP) is 3.01. The molecular weight excluding hydrogens is 316 g/mol. The zero-order valence-electron chi connectivity index (χ0n) is 13.6. The van der Waals surface area contributed by atoms with E-state index in [4.69, 9.17) is 0 Å². The number of H-pyrrole nitrogens is 1. The first-order chi connectivity index (χ1) is 12.1. The Labute approximate surface area is 144 Å². The minimum absolute atomic E-state index is 0.167. The molecule has 1 aliphatic rings. The molecule has 0 radical (unpaired) electrons. The van der Waals surface area contributed by atoms with Crippen LogP contribution in [-0.2, 0) is 10.3 Å². The van der Waals surface area contributed by atoms with Crippen molar-refractivity contribution in [1.29, 1.82) is 0 Å². The van der Waals surface area contributed by atoms with E-state index in [0.29, 0.717) is 16.9 Å². The number of phenolic OH excluding ortho intramolecular Hbond substituents is 1. The lowest BCUT2D eigenvalue weighted by Gasteiger charge is -2.41. The molecule has 2 heterocycles. The number of hydrogen-bond acceptors (Lipinski definition) is 4. The summed E-state index contributed by atoms with van der Waals surface area (Å²) in [4.78, 5) is 15.1. The fourth-order valence-electron chi connectivity index (χ4n) is 3.29. The van der Waals surface area contributed by atoms with Crippen LogP contribution in [0.1, 0.15) is 25.0 Å². The number of nitrogens with zero attached hydrogens (tertiary/aromatic N) is 2. The summed E-state index contributed by atoms with van der Waals surface area (Å²) in [6.07, 6.45) is 4.10. The number of aromatic amines is 1. The van der Waals surface area contributed by atoms with Crippen molar-refractivity contribution in [2.75, 3.05) is 0 Å². The van der Waals surface area contributed by atoms with Gasteiger partial charge in [-0.1, -0.05) is 18.7 Å². The van der Waals surface area contributed by atoms with E-state index in [0.717, 1.165) is 30.3 Å². The molecule has 1 amide bonds. The number of para-hydroxylation sites is 1. The van der Waals surface area contributed by atoms with Crippen molar-refractivity contribution in [2.45, 2.75) is 24.8 Å². The Morgan fingerprint density at radius 2 is 2.08 bits per heavy atom. The van der Waals surface area contributed by atoms with E-state index < -0.39 is 0 Å². The number of carbonyl (C=O) groups is 1. The number of rotatable bonds is 4. The third-order valence-corrected chi connectivity index (χ3v) is 4.83. The number of benzene rings is 1. The maximum atomic E-state index is 11.8. The summed E-state index contributed by atoms with van der Waals surface area (Å²) in [7, 11) is 0. The van der Waals surface area contributed by atoms with Crippen molar-refractivity contribution < 1.29 is 9.90 Å². The maximum Gasteiger partial charge on any atom is 0.244 e. The minimum Gasteiger partial charge on any atom is -0.507 e. The average Bonchev–Trinajstić information content (AvgIpc) is 3.01. The number of nitrogens with one attached hydrogen (secondary N) is 2. The Morgan fingerprint density at radius 1 is 1.28 bits per heavy atom. The summed E-state index contributed by atoms with van der Waals surface area (Å²) >= 11 is 0. The number of aromatic hydroxyl groups is 1. The van der Waals surface area contributed by atoms with Crippen LogP contribution in [0.25, 0.3) is 22.3 Å². The number of carbonyl (C=O) groups excluding carboxylic acids is 1. The molecule has 0 unspecified atom stereocenters. The van der Waals surface area contributed by atoms with Gasteiger partial charge in [-0.25, -0.2) is 0 Å². The lowest BCUT2D eigenvalue weighted by atomic mass is 9.74. The lowest BCUT2D eigenvalue weighted by molar-refractivity contribution is -0.119. The number of phenols is 1. The highest BCUT2D eigenvalue weighted by molar-refractivity contribution is 5.88. The first kappa shape index (κ1) is 15.4. The van der Waals surface area contributed by atoms with Crippen molar-refractivity contribution in [3.05, 3.63) is 54.7 Å². The molecule has 3 aromatic rings. The third-order valence-electron chi connectivity index (χ3n) is 4.83. The van der Waals surface area contributed by atoms with Gasteiger partial charge in [0.2, 0.25) is 5.91 Å². The molecule has 0 saturated heterocycles. The van der Waals surface area contributed by atoms with Crippen LogP contribution in [0.4, 0.5) is 0 Å². The van der Waals surface area contributed by atoms with Gasteiger partial charge < -0.3 is 15.4 Å². The molecular formula is C19H18N4O2. The second-order valence-electron chi connectivity index (χ2n) is 6.36. The summed E-state index contributed by atoms with van der Waals surface area (Å²) in [5.41, 5.74) is 2.44. The largest absolute Gasteiger partial charge is 0.507 e. The summed E-state index contributed by atoms with van der Waals surface area (Å²) in [5, 5.41) is 22.4. The Kier molecular flexibility index (Phi) is 3.53. The zero-order chi connectivity index (χ0) is 17.4. The van der Waals surface area contributed by atoms with Crippen LogP contribution >= 0.6 is 0 Å². The van der Waals surface area contributed by atoms with E-state index in [1.807, 2.05) is 18.2 Å². The summed E-state index contributed by atoms with van der Waals surface area (Å²) in [6.45, 7) is 3.52. The van der Waals surface area contributed by atoms with E-state index in [1.165, 1.54) is 6.08 Å². The topological polar surface area (TPSA) is 90.9 Å². The SMILES string of the molecule is C=CC(=O)NC1(c2cc3cc(-c4ccccc4O)nnc3[nH]2)CCC1. The Bertz CT molecular complexity index is 972. The third kappa shape index (κ3) is 2.55. The molecule has 6 nitrogen and oxygen atoms in total. The smallest absolute Gasteiger partial charge is 0.244 e. The predicted molar refractivity (Wildman–Crippen MR) is 94.9 cm³/mol. The fourth-order valence-corrected chi connectivity index (χ4v) is 3.29. The first-order valence-corrected chi connectivity index (χ1v) is 8.21. The van der Waals surface area contributed by atoms with E-state index in [2.05, 4.69) is 27.1 Å². The number of amides is 1. The molecule has 0 bridgehead atoms. The molecule has 4 rings (SSSR count). The molecule has 126 valence electrons. The zero-order valence-corrected chi connectivity index (χ0v) is 13.6. The highest BCUT2D eigenvalue weighted by atomic mass is 16.3. The normalized spacial score (nSPS) is 15.5. The molecule has 0 aliphatic heterocycles. The molecule has 0 spiro atoms. The maximum absolute atomic E-state index is 11.8. The van der Waals surface area contributed by atoms with Crippen molar-refractivity contribution in [1.82, 2.24) is 20.5 Å². The van der Waals surface area contributed by atoms with Gasteiger partial charge in [0.25, 0.3) is 0 Å². The van der Waals surface area contributed by atoms with Crippen LogP contribution in [0, 0.1) is 0 Å². The molecule has 6 heteroatoms. The van der Waals surface area contributed by atoms with Crippen LogP contribution in [0.5, 0.6) is 5.75 Å².